The van der Waals surface area contributed by atoms with Crippen molar-refractivity contribution in [3.63, 3.8) is 0 Å². The number of aryl methyl sites for hydroxylation is 1. The van der Waals surface area contributed by atoms with Crippen molar-refractivity contribution in [1.82, 2.24) is 4.98 Å². The second-order valence-corrected chi connectivity index (χ2v) is 5.09. The molecule has 2 rings (SSSR count). The van der Waals surface area contributed by atoms with Gasteiger partial charge in [-0.25, -0.2) is 4.98 Å². The van der Waals surface area contributed by atoms with Gasteiger partial charge in [0.05, 0.1) is 11.4 Å². The van der Waals surface area contributed by atoms with Crippen LogP contribution in [0, 0.1) is 12.8 Å². The number of aliphatic carboxylic acids is 1. The van der Waals surface area contributed by atoms with E-state index in [0.717, 1.165) is 9.88 Å². The van der Waals surface area contributed by atoms with Crippen LogP contribution in [0.2, 0.25) is 0 Å². The van der Waals surface area contributed by atoms with Gasteiger partial charge in [0.2, 0.25) is 0 Å². The molecule has 3 nitrogen and oxygen atoms in total. The minimum absolute atomic E-state index is 0.207. The zero-order chi connectivity index (χ0) is 10.1. The molecule has 1 aromatic heterocycles. The Labute approximate surface area is 86.8 Å². The average molecular weight is 211 g/mol. The molecule has 1 fully saturated rings. The quantitative estimate of drug-likeness (QED) is 0.832. The number of carbonyl (C=O) groups is 1. The van der Waals surface area contributed by atoms with Crippen LogP contribution in [0.25, 0.3) is 0 Å². The first-order chi connectivity index (χ1) is 6.66. The number of nitrogens with zero attached hydrogens (tertiary/aromatic N) is 1. The highest BCUT2D eigenvalue weighted by molar-refractivity contribution is 7.11. The molecule has 4 heteroatoms. The molecule has 0 bridgehead atoms. The maximum absolute atomic E-state index is 10.7. The first-order valence-corrected chi connectivity index (χ1v) is 5.62. The zero-order valence-electron chi connectivity index (χ0n) is 8.06. The summed E-state index contributed by atoms with van der Waals surface area (Å²) in [6, 6.07) is 0. The lowest BCUT2D eigenvalue weighted by molar-refractivity contribution is -0.137. The molecule has 0 spiro atoms. The van der Waals surface area contributed by atoms with Gasteiger partial charge < -0.3 is 5.11 Å². The first kappa shape index (κ1) is 9.65. The monoisotopic (exact) mass is 211 g/mol. The Morgan fingerprint density at radius 1 is 1.79 bits per heavy atom. The van der Waals surface area contributed by atoms with E-state index < -0.39 is 5.97 Å². The number of rotatable bonds is 4. The normalized spacial score (nSPS) is 18.1. The lowest BCUT2D eigenvalue weighted by Gasteiger charge is -2.10. The number of thiazole rings is 1. The van der Waals surface area contributed by atoms with E-state index in [9.17, 15) is 4.79 Å². The summed E-state index contributed by atoms with van der Waals surface area (Å²) in [6.45, 7) is 1.96. The van der Waals surface area contributed by atoms with Gasteiger partial charge in [-0.3, -0.25) is 4.79 Å². The molecule has 1 saturated carbocycles. The van der Waals surface area contributed by atoms with E-state index in [2.05, 4.69) is 4.98 Å². The predicted molar refractivity (Wildman–Crippen MR) is 54.6 cm³/mol. The first-order valence-electron chi connectivity index (χ1n) is 4.81. The maximum atomic E-state index is 10.7. The van der Waals surface area contributed by atoms with Gasteiger partial charge in [-0.1, -0.05) is 0 Å². The van der Waals surface area contributed by atoms with E-state index in [1.54, 1.807) is 11.3 Å². The third-order valence-corrected chi connectivity index (χ3v) is 3.63. The largest absolute Gasteiger partial charge is 0.481 e. The summed E-state index contributed by atoms with van der Waals surface area (Å²) in [5, 5.41) is 9.84. The molecule has 1 atom stereocenters. The van der Waals surface area contributed by atoms with Crippen molar-refractivity contribution in [2.45, 2.75) is 32.1 Å². The van der Waals surface area contributed by atoms with Crippen LogP contribution >= 0.6 is 11.3 Å². The molecule has 76 valence electrons. The van der Waals surface area contributed by atoms with Gasteiger partial charge >= 0.3 is 5.97 Å². The van der Waals surface area contributed by atoms with E-state index in [0.29, 0.717) is 5.92 Å². The summed E-state index contributed by atoms with van der Waals surface area (Å²) in [7, 11) is 0. The smallest absolute Gasteiger partial charge is 0.304 e. The molecule has 1 aliphatic carbocycles. The Hall–Kier alpha value is -0.900. The van der Waals surface area contributed by atoms with E-state index in [1.807, 2.05) is 13.1 Å². The standard InChI is InChI=1S/C10H13NO2S/c1-6-11-5-9(14-6)8(4-10(12)13)7-2-3-7/h5,7-8H,2-4H2,1H3,(H,12,13)/t8-/m1/s1. The summed E-state index contributed by atoms with van der Waals surface area (Å²) in [4.78, 5) is 16.0. The summed E-state index contributed by atoms with van der Waals surface area (Å²) in [5.74, 6) is 0.0950. The highest BCUT2D eigenvalue weighted by Crippen LogP contribution is 2.45. The van der Waals surface area contributed by atoms with Crippen molar-refractivity contribution in [2.75, 3.05) is 0 Å². The molecule has 1 aliphatic rings. The summed E-state index contributed by atoms with van der Waals surface area (Å²) >= 11 is 1.63. The molecule has 1 aromatic rings. The number of hydrogen-bond donors (Lipinski definition) is 1. The van der Waals surface area contributed by atoms with Gasteiger partial charge in [-0.05, 0) is 25.7 Å². The number of carboxylic acid groups (broad SMARTS) is 1. The number of carboxylic acids is 1. The Morgan fingerprint density at radius 2 is 2.50 bits per heavy atom. The van der Waals surface area contributed by atoms with Gasteiger partial charge in [0.15, 0.2) is 0 Å². The van der Waals surface area contributed by atoms with Crippen molar-refractivity contribution in [2.24, 2.45) is 5.92 Å². The van der Waals surface area contributed by atoms with E-state index in [-0.39, 0.29) is 12.3 Å². The van der Waals surface area contributed by atoms with Crippen LogP contribution in [0.4, 0.5) is 0 Å². The molecular formula is C10H13NO2S. The van der Waals surface area contributed by atoms with Crippen molar-refractivity contribution in [3.05, 3.63) is 16.1 Å². The second kappa shape index (κ2) is 3.69. The van der Waals surface area contributed by atoms with Crippen molar-refractivity contribution >= 4 is 17.3 Å². The zero-order valence-corrected chi connectivity index (χ0v) is 8.88. The topological polar surface area (TPSA) is 50.2 Å². The van der Waals surface area contributed by atoms with Gasteiger partial charge in [-0.15, -0.1) is 11.3 Å². The Morgan fingerprint density at radius 3 is 2.93 bits per heavy atom. The molecule has 1 N–H and O–H groups in total. The molecule has 0 radical (unpaired) electrons. The highest BCUT2D eigenvalue weighted by atomic mass is 32.1. The van der Waals surface area contributed by atoms with Crippen molar-refractivity contribution in [1.29, 1.82) is 0 Å². The molecule has 0 aromatic carbocycles. The SMILES string of the molecule is Cc1ncc([C@H](CC(=O)O)C2CC2)s1. The Bertz CT molecular complexity index is 344. The van der Waals surface area contributed by atoms with E-state index >= 15 is 0 Å². The molecule has 0 aliphatic heterocycles. The molecular weight excluding hydrogens is 198 g/mol. The fraction of sp³-hybridized carbons (Fsp3) is 0.600. The van der Waals surface area contributed by atoms with Crippen molar-refractivity contribution < 1.29 is 9.90 Å². The van der Waals surface area contributed by atoms with Crippen LogP contribution < -0.4 is 0 Å². The van der Waals surface area contributed by atoms with E-state index in [4.69, 9.17) is 5.11 Å². The molecule has 0 saturated heterocycles. The number of aromatic nitrogens is 1. The summed E-state index contributed by atoms with van der Waals surface area (Å²) in [5.41, 5.74) is 0. The third kappa shape index (κ3) is 2.12. The number of hydrogen-bond acceptors (Lipinski definition) is 3. The maximum Gasteiger partial charge on any atom is 0.304 e. The fourth-order valence-corrected chi connectivity index (χ4v) is 2.71. The Kier molecular flexibility index (Phi) is 2.54. The fourth-order valence-electron chi connectivity index (χ4n) is 1.74. The minimum atomic E-state index is -0.701. The van der Waals surface area contributed by atoms with Crippen LogP contribution in [-0.2, 0) is 4.79 Å². The second-order valence-electron chi connectivity index (χ2n) is 3.82. The average Bonchev–Trinajstić information content (AvgIpc) is 2.85. The van der Waals surface area contributed by atoms with Crippen LogP contribution in [0.15, 0.2) is 6.20 Å². The van der Waals surface area contributed by atoms with E-state index in [1.165, 1.54) is 12.8 Å². The van der Waals surface area contributed by atoms with Crippen LogP contribution in [0.3, 0.4) is 0 Å². The van der Waals surface area contributed by atoms with Gasteiger partial charge in [-0.2, -0.15) is 0 Å². The van der Waals surface area contributed by atoms with Gasteiger partial charge in [0.1, 0.15) is 0 Å². The highest BCUT2D eigenvalue weighted by Gasteiger charge is 2.34. The lowest BCUT2D eigenvalue weighted by atomic mass is 9.99. The third-order valence-electron chi connectivity index (χ3n) is 2.59. The van der Waals surface area contributed by atoms with Crippen LogP contribution in [0.1, 0.15) is 35.1 Å². The van der Waals surface area contributed by atoms with Crippen LogP contribution in [-0.4, -0.2) is 16.1 Å². The lowest BCUT2D eigenvalue weighted by Crippen LogP contribution is -2.06. The Balaban J connectivity index is 2.13. The molecule has 0 unspecified atom stereocenters. The summed E-state index contributed by atoms with van der Waals surface area (Å²) in [6.07, 6.45) is 4.45. The molecule has 1 heterocycles. The van der Waals surface area contributed by atoms with Crippen molar-refractivity contribution in [3.8, 4) is 0 Å². The minimum Gasteiger partial charge on any atom is -0.481 e. The van der Waals surface area contributed by atoms with Crippen LogP contribution in [0.5, 0.6) is 0 Å². The predicted octanol–water partition coefficient (Wildman–Crippen LogP) is 2.42. The summed E-state index contributed by atoms with van der Waals surface area (Å²) < 4.78 is 0. The van der Waals surface area contributed by atoms with Gasteiger partial charge in [0, 0.05) is 17.0 Å². The molecule has 0 amide bonds. The van der Waals surface area contributed by atoms with Gasteiger partial charge in [0.25, 0.3) is 0 Å². The molecule has 14 heavy (non-hydrogen) atoms.